The molecule has 0 unspecified atom stereocenters. The standard InChI is InChI=1S/C20H19N3O2S3/c24-18(22-9-2-1-7-16(22)14-5-3-8-21-12-14)13-23-19(25)17(28-20(23)26)11-15-6-4-10-27-15/h3-6,8,10-12,16H,1-2,7,9,13H2/t16-/m0/s1. The second-order valence-corrected chi connectivity index (χ2v) is 9.32. The molecule has 0 saturated carbocycles. The predicted octanol–water partition coefficient (Wildman–Crippen LogP) is 4.10. The van der Waals surface area contributed by atoms with Gasteiger partial charge in [0.25, 0.3) is 5.91 Å². The Balaban J connectivity index is 1.49. The highest BCUT2D eigenvalue weighted by atomic mass is 32.2. The van der Waals surface area contributed by atoms with Crippen LogP contribution in [0.1, 0.15) is 35.7 Å². The first-order chi connectivity index (χ1) is 13.6. The van der Waals surface area contributed by atoms with E-state index in [1.54, 1.807) is 17.5 Å². The molecule has 4 heterocycles. The molecule has 0 radical (unpaired) electrons. The lowest BCUT2D eigenvalue weighted by atomic mass is 9.96. The van der Waals surface area contributed by atoms with Crippen LogP contribution in [0.5, 0.6) is 0 Å². The van der Waals surface area contributed by atoms with Crippen molar-refractivity contribution >= 4 is 57.5 Å². The van der Waals surface area contributed by atoms with E-state index in [2.05, 4.69) is 4.98 Å². The molecule has 2 fully saturated rings. The summed E-state index contributed by atoms with van der Waals surface area (Å²) in [5, 5.41) is 1.96. The van der Waals surface area contributed by atoms with Gasteiger partial charge in [-0.15, -0.1) is 11.3 Å². The number of hydrogen-bond donors (Lipinski definition) is 0. The monoisotopic (exact) mass is 429 g/mol. The number of carbonyl (C=O) groups excluding carboxylic acids is 2. The molecule has 2 aliphatic rings. The van der Waals surface area contributed by atoms with Crippen LogP contribution >= 0.6 is 35.3 Å². The Hall–Kier alpha value is -2.03. The topological polar surface area (TPSA) is 53.5 Å². The molecule has 8 heteroatoms. The van der Waals surface area contributed by atoms with Crippen LogP contribution in [0.25, 0.3) is 6.08 Å². The van der Waals surface area contributed by atoms with Crippen LogP contribution in [-0.4, -0.2) is 44.0 Å². The molecule has 0 aliphatic carbocycles. The number of piperidine rings is 1. The Kier molecular flexibility index (Phi) is 5.89. The molecule has 2 saturated heterocycles. The molecule has 0 N–H and O–H groups in total. The highest BCUT2D eigenvalue weighted by Crippen LogP contribution is 2.35. The number of thioether (sulfide) groups is 1. The van der Waals surface area contributed by atoms with Gasteiger partial charge < -0.3 is 4.90 Å². The maximum absolute atomic E-state index is 13.1. The second-order valence-electron chi connectivity index (χ2n) is 6.67. The van der Waals surface area contributed by atoms with Crippen LogP contribution < -0.4 is 0 Å². The van der Waals surface area contributed by atoms with Crippen molar-refractivity contribution in [1.29, 1.82) is 0 Å². The summed E-state index contributed by atoms with van der Waals surface area (Å²) in [7, 11) is 0. The maximum Gasteiger partial charge on any atom is 0.266 e. The van der Waals surface area contributed by atoms with Crippen molar-refractivity contribution < 1.29 is 9.59 Å². The molecule has 2 aromatic rings. The van der Waals surface area contributed by atoms with Gasteiger partial charge in [-0.25, -0.2) is 0 Å². The summed E-state index contributed by atoms with van der Waals surface area (Å²) in [5.41, 5.74) is 1.04. The summed E-state index contributed by atoms with van der Waals surface area (Å²) in [6, 6.07) is 7.80. The molecule has 0 spiro atoms. The smallest absolute Gasteiger partial charge is 0.266 e. The summed E-state index contributed by atoms with van der Waals surface area (Å²) in [6.07, 6.45) is 8.35. The normalized spacial score (nSPS) is 21.6. The summed E-state index contributed by atoms with van der Waals surface area (Å²) in [5.74, 6) is -0.256. The number of nitrogens with zero attached hydrogens (tertiary/aromatic N) is 3. The van der Waals surface area contributed by atoms with Gasteiger partial charge in [0.15, 0.2) is 0 Å². The van der Waals surface area contributed by atoms with E-state index in [0.29, 0.717) is 15.8 Å². The fourth-order valence-electron chi connectivity index (χ4n) is 3.51. The van der Waals surface area contributed by atoms with E-state index in [0.717, 1.165) is 29.7 Å². The van der Waals surface area contributed by atoms with E-state index in [4.69, 9.17) is 12.2 Å². The van der Waals surface area contributed by atoms with Crippen molar-refractivity contribution in [3.8, 4) is 0 Å². The zero-order chi connectivity index (χ0) is 19.5. The minimum atomic E-state index is -0.188. The molecule has 0 aromatic carbocycles. The van der Waals surface area contributed by atoms with E-state index < -0.39 is 0 Å². The van der Waals surface area contributed by atoms with Gasteiger partial charge in [-0.05, 0) is 48.4 Å². The zero-order valence-corrected chi connectivity index (χ0v) is 17.6. The van der Waals surface area contributed by atoms with Gasteiger partial charge in [0, 0.05) is 23.8 Å². The van der Waals surface area contributed by atoms with Crippen LogP contribution in [0, 0.1) is 0 Å². The third-order valence-electron chi connectivity index (χ3n) is 4.88. The molecule has 2 amide bonds. The molecular weight excluding hydrogens is 410 g/mol. The predicted molar refractivity (Wildman–Crippen MR) is 117 cm³/mol. The lowest BCUT2D eigenvalue weighted by Gasteiger charge is -2.36. The fraction of sp³-hybridized carbons (Fsp3) is 0.300. The van der Waals surface area contributed by atoms with Crippen LogP contribution in [-0.2, 0) is 9.59 Å². The quantitative estimate of drug-likeness (QED) is 0.541. The first-order valence-electron chi connectivity index (χ1n) is 9.12. The average molecular weight is 430 g/mol. The van der Waals surface area contributed by atoms with Crippen molar-refractivity contribution in [2.75, 3.05) is 13.1 Å². The molecule has 4 rings (SSSR count). The van der Waals surface area contributed by atoms with Crippen molar-refractivity contribution in [3.63, 3.8) is 0 Å². The number of rotatable bonds is 4. The van der Waals surface area contributed by atoms with Gasteiger partial charge in [-0.1, -0.05) is 36.1 Å². The molecule has 144 valence electrons. The fourth-order valence-corrected chi connectivity index (χ4v) is 5.49. The van der Waals surface area contributed by atoms with Gasteiger partial charge >= 0.3 is 0 Å². The van der Waals surface area contributed by atoms with Crippen molar-refractivity contribution in [2.45, 2.75) is 25.3 Å². The number of pyridine rings is 1. The summed E-state index contributed by atoms with van der Waals surface area (Å²) in [4.78, 5) is 34.9. The van der Waals surface area contributed by atoms with Crippen molar-refractivity contribution in [3.05, 3.63) is 57.4 Å². The third-order valence-corrected chi connectivity index (χ3v) is 7.07. The van der Waals surface area contributed by atoms with Gasteiger partial charge in [0.2, 0.25) is 5.91 Å². The minimum Gasteiger partial charge on any atom is -0.334 e. The van der Waals surface area contributed by atoms with Crippen molar-refractivity contribution in [2.24, 2.45) is 0 Å². The molecule has 2 aromatic heterocycles. The number of carbonyl (C=O) groups is 2. The Morgan fingerprint density at radius 2 is 2.21 bits per heavy atom. The maximum atomic E-state index is 13.1. The Morgan fingerprint density at radius 3 is 2.96 bits per heavy atom. The second kappa shape index (κ2) is 8.55. The van der Waals surface area contributed by atoms with Crippen LogP contribution in [0.15, 0.2) is 46.9 Å². The molecule has 1 atom stereocenters. The van der Waals surface area contributed by atoms with E-state index in [9.17, 15) is 9.59 Å². The number of thiocarbonyl (C=S) groups is 1. The number of hydrogen-bond acceptors (Lipinski definition) is 6. The number of likely N-dealkylation sites (tertiary alicyclic amines) is 1. The van der Waals surface area contributed by atoms with Gasteiger partial charge in [-0.2, -0.15) is 0 Å². The van der Waals surface area contributed by atoms with E-state index in [1.807, 2.05) is 46.8 Å². The van der Waals surface area contributed by atoms with Gasteiger partial charge in [-0.3, -0.25) is 19.5 Å². The first kappa shape index (κ1) is 19.3. The zero-order valence-electron chi connectivity index (χ0n) is 15.1. The Bertz CT molecular complexity index is 912. The van der Waals surface area contributed by atoms with E-state index in [1.165, 1.54) is 16.7 Å². The highest BCUT2D eigenvalue weighted by molar-refractivity contribution is 8.26. The summed E-state index contributed by atoms with van der Waals surface area (Å²) in [6.45, 7) is 0.682. The van der Waals surface area contributed by atoms with Crippen LogP contribution in [0.4, 0.5) is 0 Å². The number of thiophene rings is 1. The van der Waals surface area contributed by atoms with Gasteiger partial charge in [0.1, 0.15) is 10.9 Å². The average Bonchev–Trinajstić information content (AvgIpc) is 3.33. The van der Waals surface area contributed by atoms with Crippen LogP contribution in [0.3, 0.4) is 0 Å². The molecular formula is C20H19N3O2S3. The minimum absolute atomic E-state index is 0.00927. The molecule has 5 nitrogen and oxygen atoms in total. The molecule has 28 heavy (non-hydrogen) atoms. The lowest BCUT2D eigenvalue weighted by Crippen LogP contribution is -2.45. The largest absolute Gasteiger partial charge is 0.334 e. The van der Waals surface area contributed by atoms with Crippen LogP contribution in [0.2, 0.25) is 0 Å². The van der Waals surface area contributed by atoms with E-state index in [-0.39, 0.29) is 24.4 Å². The lowest BCUT2D eigenvalue weighted by molar-refractivity contribution is -0.138. The third kappa shape index (κ3) is 4.04. The molecule has 2 aliphatic heterocycles. The van der Waals surface area contributed by atoms with E-state index >= 15 is 0 Å². The first-order valence-corrected chi connectivity index (χ1v) is 11.2. The summed E-state index contributed by atoms with van der Waals surface area (Å²) < 4.78 is 0.441. The summed E-state index contributed by atoms with van der Waals surface area (Å²) >= 11 is 8.21. The number of aromatic nitrogens is 1. The SMILES string of the molecule is O=C1C(=Cc2cccs2)SC(=S)N1CC(=O)N1CCCC[C@H]1c1cccnc1. The highest BCUT2D eigenvalue weighted by Gasteiger charge is 2.36. The van der Waals surface area contributed by atoms with Gasteiger partial charge in [0.05, 0.1) is 10.9 Å². The Labute approximate surface area is 177 Å². The Morgan fingerprint density at radius 1 is 1.32 bits per heavy atom. The van der Waals surface area contributed by atoms with Crippen molar-refractivity contribution in [1.82, 2.24) is 14.8 Å². The number of amides is 2. The molecule has 0 bridgehead atoms.